The molecule has 0 bridgehead atoms. The summed E-state index contributed by atoms with van der Waals surface area (Å²) in [5, 5.41) is 0. The normalized spacial score (nSPS) is 25.0. The second-order valence-corrected chi connectivity index (χ2v) is 11.8. The second kappa shape index (κ2) is 13.6. The second-order valence-electron chi connectivity index (χ2n) is 11.8. The molecule has 0 heterocycles. The van der Waals surface area contributed by atoms with Crippen molar-refractivity contribution in [2.45, 2.75) is 128 Å². The Bertz CT molecular complexity index is 866. The maximum Gasteiger partial charge on any atom is 0.131 e. The van der Waals surface area contributed by atoms with Crippen LogP contribution in [0.4, 0.5) is 4.39 Å². The highest BCUT2D eigenvalue weighted by Crippen LogP contribution is 2.40. The summed E-state index contributed by atoms with van der Waals surface area (Å²) < 4.78 is 15.2. The maximum absolute atomic E-state index is 15.2. The summed E-state index contributed by atoms with van der Waals surface area (Å²) in [5.41, 5.74) is 4.44. The highest BCUT2D eigenvalue weighted by Gasteiger charge is 2.24. The van der Waals surface area contributed by atoms with Gasteiger partial charge in [-0.1, -0.05) is 102 Å². The van der Waals surface area contributed by atoms with Gasteiger partial charge in [0, 0.05) is 5.56 Å². The molecule has 4 rings (SSSR count). The minimum Gasteiger partial charge on any atom is -0.206 e. The van der Waals surface area contributed by atoms with Gasteiger partial charge in [0.05, 0.1) is 0 Å². The smallest absolute Gasteiger partial charge is 0.131 e. The minimum atomic E-state index is -0.0482. The first-order valence-electron chi connectivity index (χ1n) is 15.1. The molecule has 0 nitrogen and oxygen atoms in total. The van der Waals surface area contributed by atoms with Crippen LogP contribution in [-0.2, 0) is 0 Å². The monoisotopic (exact) mass is 476 g/mol. The molecule has 0 atom stereocenters. The Labute approximate surface area is 215 Å². The van der Waals surface area contributed by atoms with E-state index < -0.39 is 0 Å². The Balaban J connectivity index is 1.30. The number of hydrogen-bond acceptors (Lipinski definition) is 0. The van der Waals surface area contributed by atoms with Crippen molar-refractivity contribution in [3.8, 4) is 11.1 Å². The van der Waals surface area contributed by atoms with E-state index in [1.807, 2.05) is 12.1 Å². The SMILES string of the molecule is CCCCCC1CCC(c2ccc(-c3ccc([C@H]4CC[C@H](CCCCC)CC4)cc3)c(F)c2)CC1. The van der Waals surface area contributed by atoms with Gasteiger partial charge in [-0.2, -0.15) is 0 Å². The van der Waals surface area contributed by atoms with E-state index in [0.717, 1.165) is 23.0 Å². The third-order valence-corrected chi connectivity index (χ3v) is 9.28. The lowest BCUT2D eigenvalue weighted by Crippen LogP contribution is -2.13. The molecule has 0 saturated heterocycles. The summed E-state index contributed by atoms with van der Waals surface area (Å²) in [4.78, 5) is 0. The predicted octanol–water partition coefficient (Wildman–Crippen LogP) is 11.2. The number of benzene rings is 2. The van der Waals surface area contributed by atoms with Crippen molar-refractivity contribution >= 4 is 0 Å². The zero-order valence-corrected chi connectivity index (χ0v) is 22.5. The number of hydrogen-bond donors (Lipinski definition) is 0. The molecule has 35 heavy (non-hydrogen) atoms. The molecule has 0 aromatic heterocycles. The highest BCUT2D eigenvalue weighted by molar-refractivity contribution is 5.65. The van der Waals surface area contributed by atoms with E-state index in [1.54, 1.807) is 0 Å². The van der Waals surface area contributed by atoms with E-state index in [-0.39, 0.29) is 5.82 Å². The van der Waals surface area contributed by atoms with Crippen LogP contribution in [0.1, 0.15) is 140 Å². The van der Waals surface area contributed by atoms with Gasteiger partial charge in [0.15, 0.2) is 0 Å². The van der Waals surface area contributed by atoms with Gasteiger partial charge in [-0.05, 0) is 97.8 Å². The van der Waals surface area contributed by atoms with Crippen LogP contribution in [0.15, 0.2) is 42.5 Å². The molecule has 1 heteroatoms. The molecule has 2 aliphatic rings. The van der Waals surface area contributed by atoms with E-state index in [9.17, 15) is 0 Å². The lowest BCUT2D eigenvalue weighted by atomic mass is 9.76. The fraction of sp³-hybridized carbons (Fsp3) is 0.647. The van der Waals surface area contributed by atoms with Gasteiger partial charge >= 0.3 is 0 Å². The van der Waals surface area contributed by atoms with Gasteiger partial charge in [-0.15, -0.1) is 0 Å². The molecule has 2 aromatic carbocycles. The zero-order valence-electron chi connectivity index (χ0n) is 22.5. The van der Waals surface area contributed by atoms with Gasteiger partial charge in [-0.25, -0.2) is 4.39 Å². The maximum atomic E-state index is 15.2. The topological polar surface area (TPSA) is 0 Å². The van der Waals surface area contributed by atoms with Crippen LogP contribution in [0.2, 0.25) is 0 Å². The number of rotatable bonds is 11. The van der Waals surface area contributed by atoms with Crippen molar-refractivity contribution in [1.82, 2.24) is 0 Å². The van der Waals surface area contributed by atoms with E-state index in [0.29, 0.717) is 11.8 Å². The Morgan fingerprint density at radius 1 is 0.600 bits per heavy atom. The Morgan fingerprint density at radius 3 is 1.57 bits per heavy atom. The van der Waals surface area contributed by atoms with Crippen molar-refractivity contribution < 1.29 is 4.39 Å². The molecule has 2 aromatic rings. The lowest BCUT2D eigenvalue weighted by Gasteiger charge is -2.29. The molecule has 0 N–H and O–H groups in total. The average molecular weight is 477 g/mol. The lowest BCUT2D eigenvalue weighted by molar-refractivity contribution is 0.302. The van der Waals surface area contributed by atoms with Crippen molar-refractivity contribution in [3.63, 3.8) is 0 Å². The number of halogens is 1. The molecule has 2 aliphatic carbocycles. The first-order chi connectivity index (χ1) is 17.2. The van der Waals surface area contributed by atoms with E-state index in [2.05, 4.69) is 44.2 Å². The van der Waals surface area contributed by atoms with Gasteiger partial charge in [0.1, 0.15) is 5.82 Å². The summed E-state index contributed by atoms with van der Waals surface area (Å²) in [6.45, 7) is 4.58. The van der Waals surface area contributed by atoms with E-state index in [4.69, 9.17) is 0 Å². The molecule has 0 radical (unpaired) electrons. The van der Waals surface area contributed by atoms with Crippen molar-refractivity contribution in [3.05, 3.63) is 59.4 Å². The molecular formula is C34H49F. The Morgan fingerprint density at radius 2 is 1.09 bits per heavy atom. The third-order valence-electron chi connectivity index (χ3n) is 9.28. The molecule has 192 valence electrons. The largest absolute Gasteiger partial charge is 0.206 e. The fourth-order valence-electron chi connectivity index (χ4n) is 6.89. The van der Waals surface area contributed by atoms with Crippen LogP contribution in [-0.4, -0.2) is 0 Å². The molecule has 2 saturated carbocycles. The standard InChI is InChI=1S/C34H49F/c1-3-5-7-9-26-11-15-28(16-12-26)29-19-21-31(22-20-29)33-24-23-32(25-34(33)35)30-17-13-27(14-18-30)10-8-6-4-2/h19-28,30H,3-18H2,1-2H3/t26-,27?,28-,30?. The van der Waals surface area contributed by atoms with E-state index >= 15 is 4.39 Å². The number of unbranched alkanes of at least 4 members (excludes halogenated alkanes) is 4. The van der Waals surface area contributed by atoms with Crippen molar-refractivity contribution in [1.29, 1.82) is 0 Å². The first-order valence-corrected chi connectivity index (χ1v) is 15.1. The molecule has 0 aliphatic heterocycles. The van der Waals surface area contributed by atoms with Gasteiger partial charge in [-0.3, -0.25) is 0 Å². The molecular weight excluding hydrogens is 427 g/mol. The Hall–Kier alpha value is -1.63. The summed E-state index contributed by atoms with van der Waals surface area (Å²) in [7, 11) is 0. The zero-order chi connectivity index (χ0) is 24.5. The van der Waals surface area contributed by atoms with Crippen LogP contribution < -0.4 is 0 Å². The van der Waals surface area contributed by atoms with Crippen LogP contribution in [0, 0.1) is 17.7 Å². The Kier molecular flexibility index (Phi) is 10.3. The predicted molar refractivity (Wildman–Crippen MR) is 150 cm³/mol. The van der Waals surface area contributed by atoms with Gasteiger partial charge < -0.3 is 0 Å². The van der Waals surface area contributed by atoms with Gasteiger partial charge in [0.25, 0.3) is 0 Å². The van der Waals surface area contributed by atoms with Crippen molar-refractivity contribution in [2.75, 3.05) is 0 Å². The summed E-state index contributed by atoms with van der Waals surface area (Å²) >= 11 is 0. The van der Waals surface area contributed by atoms with E-state index in [1.165, 1.54) is 114 Å². The third kappa shape index (κ3) is 7.43. The van der Waals surface area contributed by atoms with Crippen LogP contribution in [0.5, 0.6) is 0 Å². The average Bonchev–Trinajstić information content (AvgIpc) is 2.90. The first kappa shape index (κ1) is 26.4. The van der Waals surface area contributed by atoms with Crippen molar-refractivity contribution in [2.24, 2.45) is 11.8 Å². The molecule has 0 unspecified atom stereocenters. The quantitative estimate of drug-likeness (QED) is 0.283. The van der Waals surface area contributed by atoms with Crippen LogP contribution >= 0.6 is 0 Å². The van der Waals surface area contributed by atoms with Crippen LogP contribution in [0.3, 0.4) is 0 Å². The molecule has 0 spiro atoms. The highest BCUT2D eigenvalue weighted by atomic mass is 19.1. The molecule has 2 fully saturated rings. The summed E-state index contributed by atoms with van der Waals surface area (Å²) in [6, 6.07) is 14.9. The summed E-state index contributed by atoms with van der Waals surface area (Å²) in [6.07, 6.45) is 21.5. The van der Waals surface area contributed by atoms with Gasteiger partial charge in [0.2, 0.25) is 0 Å². The summed E-state index contributed by atoms with van der Waals surface area (Å²) in [5.74, 6) is 3.03. The molecule has 0 amide bonds. The fourth-order valence-corrected chi connectivity index (χ4v) is 6.89. The van der Waals surface area contributed by atoms with Crippen LogP contribution in [0.25, 0.3) is 11.1 Å². The minimum absolute atomic E-state index is 0.0482.